The van der Waals surface area contributed by atoms with Gasteiger partial charge in [0.15, 0.2) is 0 Å². The quantitative estimate of drug-likeness (QED) is 0.834. The Hall–Kier alpha value is -1.69. The average molecular weight is 272 g/mol. The summed E-state index contributed by atoms with van der Waals surface area (Å²) in [5.41, 5.74) is 6.62. The number of carbonyl (C=O) groups is 1. The topological polar surface area (TPSA) is 64.4 Å². The number of amides is 1. The Balaban J connectivity index is 2.75. The number of anilines is 1. The maximum absolute atomic E-state index is 12.1. The number of nitrogens with two attached hydrogens (primary N) is 1. The summed E-state index contributed by atoms with van der Waals surface area (Å²) >= 11 is 0. The van der Waals surface area contributed by atoms with Crippen LogP contribution in [0.3, 0.4) is 0 Å². The number of nitrogens with one attached hydrogen (secondary N) is 1. The molecule has 1 rings (SSSR count). The molecule has 0 spiro atoms. The lowest BCUT2D eigenvalue weighted by Crippen LogP contribution is -2.26. The van der Waals surface area contributed by atoms with Gasteiger partial charge >= 0.3 is 0 Å². The molecule has 0 bridgehead atoms. The minimum atomic E-state index is -2.53. The number of aryl methyl sites for hydroxylation is 1. The minimum Gasteiger partial charge on any atom is -0.487 e. The molecule has 19 heavy (non-hydrogen) atoms. The molecule has 1 atom stereocenters. The van der Waals surface area contributed by atoms with Crippen LogP contribution < -0.4 is 15.8 Å². The van der Waals surface area contributed by atoms with Gasteiger partial charge in [0.25, 0.3) is 6.43 Å². The molecule has 1 unspecified atom stereocenters. The maximum atomic E-state index is 12.1. The van der Waals surface area contributed by atoms with E-state index in [9.17, 15) is 13.6 Å². The summed E-state index contributed by atoms with van der Waals surface area (Å²) in [6.45, 7) is 3.02. The van der Waals surface area contributed by atoms with Gasteiger partial charge in [0.1, 0.15) is 12.4 Å². The van der Waals surface area contributed by atoms with E-state index in [-0.39, 0.29) is 18.4 Å². The van der Waals surface area contributed by atoms with E-state index in [4.69, 9.17) is 10.5 Å². The van der Waals surface area contributed by atoms with Crippen LogP contribution in [0, 0.1) is 12.8 Å². The molecule has 0 aliphatic rings. The number of carbonyl (C=O) groups excluding carboxylic acids is 1. The number of hydrogen-bond donors (Lipinski definition) is 2. The van der Waals surface area contributed by atoms with Crippen LogP contribution in [0.4, 0.5) is 14.5 Å². The predicted octanol–water partition coefficient (Wildman–Crippen LogP) is 2.17. The zero-order valence-electron chi connectivity index (χ0n) is 11.0. The highest BCUT2D eigenvalue weighted by atomic mass is 19.3. The van der Waals surface area contributed by atoms with Crippen molar-refractivity contribution in [3.8, 4) is 5.75 Å². The smallest absolute Gasteiger partial charge is 0.272 e. The summed E-state index contributed by atoms with van der Waals surface area (Å²) in [4.78, 5) is 11.7. The summed E-state index contributed by atoms with van der Waals surface area (Å²) in [6, 6.07) is 4.91. The highest BCUT2D eigenvalue weighted by Gasteiger charge is 2.12. The fourth-order valence-electron chi connectivity index (χ4n) is 1.36. The predicted molar refractivity (Wildman–Crippen MR) is 69.5 cm³/mol. The number of benzene rings is 1. The Morgan fingerprint density at radius 2 is 2.16 bits per heavy atom. The molecule has 4 nitrogen and oxygen atoms in total. The van der Waals surface area contributed by atoms with Crippen LogP contribution in [-0.4, -0.2) is 25.5 Å². The molecule has 6 heteroatoms. The number of halogens is 2. The lowest BCUT2D eigenvalue weighted by atomic mass is 10.1. The molecule has 1 aromatic rings. The zero-order valence-corrected chi connectivity index (χ0v) is 11.0. The van der Waals surface area contributed by atoms with E-state index in [1.165, 1.54) is 6.07 Å². The van der Waals surface area contributed by atoms with Gasteiger partial charge < -0.3 is 15.8 Å². The van der Waals surface area contributed by atoms with Gasteiger partial charge in [-0.3, -0.25) is 4.79 Å². The molecule has 0 saturated heterocycles. The molecule has 0 saturated carbocycles. The third kappa shape index (κ3) is 4.82. The first kappa shape index (κ1) is 15.4. The normalized spacial score (nSPS) is 12.3. The van der Waals surface area contributed by atoms with Crippen LogP contribution in [0.2, 0.25) is 0 Å². The summed E-state index contributed by atoms with van der Waals surface area (Å²) in [5, 5.41) is 2.66. The monoisotopic (exact) mass is 272 g/mol. The number of alkyl halides is 2. The lowest BCUT2D eigenvalue weighted by Gasteiger charge is -2.13. The van der Waals surface area contributed by atoms with Crippen molar-refractivity contribution in [3.63, 3.8) is 0 Å². The summed E-state index contributed by atoms with van der Waals surface area (Å²) in [7, 11) is 0. The largest absolute Gasteiger partial charge is 0.487 e. The van der Waals surface area contributed by atoms with Gasteiger partial charge in [-0.1, -0.05) is 13.0 Å². The van der Waals surface area contributed by atoms with Crippen LogP contribution in [0.25, 0.3) is 0 Å². The van der Waals surface area contributed by atoms with Crippen molar-refractivity contribution in [1.82, 2.24) is 0 Å². The maximum Gasteiger partial charge on any atom is 0.272 e. The van der Waals surface area contributed by atoms with E-state index in [1.54, 1.807) is 26.0 Å². The molecule has 106 valence electrons. The molecule has 0 aliphatic carbocycles. The second kappa shape index (κ2) is 7.04. The van der Waals surface area contributed by atoms with Gasteiger partial charge in [0, 0.05) is 24.2 Å². The standard InChI is InChI=1S/C13H18F2N2O2/c1-8-3-4-10(17-13(18)9(2)6-16)5-11(8)19-7-12(14)15/h3-5,9,12H,6-7,16H2,1-2H3,(H,17,18). The SMILES string of the molecule is Cc1ccc(NC(=O)C(C)CN)cc1OCC(F)F. The zero-order chi connectivity index (χ0) is 14.4. The van der Waals surface area contributed by atoms with Crippen LogP contribution in [0.15, 0.2) is 18.2 Å². The van der Waals surface area contributed by atoms with E-state index in [0.29, 0.717) is 11.4 Å². The van der Waals surface area contributed by atoms with Gasteiger partial charge in [-0.25, -0.2) is 8.78 Å². The molecule has 1 aromatic carbocycles. The second-order valence-corrected chi connectivity index (χ2v) is 4.31. The Kier molecular flexibility index (Phi) is 5.69. The van der Waals surface area contributed by atoms with Crippen LogP contribution in [0.5, 0.6) is 5.75 Å². The van der Waals surface area contributed by atoms with Crippen molar-refractivity contribution in [2.75, 3.05) is 18.5 Å². The molecular formula is C13H18F2N2O2. The molecule has 0 radical (unpaired) electrons. The molecule has 0 fully saturated rings. The highest BCUT2D eigenvalue weighted by molar-refractivity contribution is 5.92. The number of ether oxygens (including phenoxy) is 1. The van der Waals surface area contributed by atoms with E-state index in [0.717, 1.165) is 5.56 Å². The Bertz CT molecular complexity index is 439. The molecule has 0 aromatic heterocycles. The van der Waals surface area contributed by atoms with Crippen molar-refractivity contribution in [1.29, 1.82) is 0 Å². The third-order valence-electron chi connectivity index (χ3n) is 2.62. The van der Waals surface area contributed by atoms with Crippen molar-refractivity contribution in [2.45, 2.75) is 20.3 Å². The molecule has 0 aliphatic heterocycles. The van der Waals surface area contributed by atoms with Gasteiger partial charge in [-0.2, -0.15) is 0 Å². The van der Waals surface area contributed by atoms with Gasteiger partial charge in [0.05, 0.1) is 0 Å². The summed E-state index contributed by atoms with van der Waals surface area (Å²) in [6.07, 6.45) is -2.53. The van der Waals surface area contributed by atoms with E-state index >= 15 is 0 Å². The Morgan fingerprint density at radius 3 is 2.74 bits per heavy atom. The fraction of sp³-hybridized carbons (Fsp3) is 0.462. The van der Waals surface area contributed by atoms with Crippen LogP contribution >= 0.6 is 0 Å². The van der Waals surface area contributed by atoms with Gasteiger partial charge in [-0.05, 0) is 18.6 Å². The molecular weight excluding hydrogens is 254 g/mol. The van der Waals surface area contributed by atoms with Crippen molar-refractivity contribution in [3.05, 3.63) is 23.8 Å². The summed E-state index contributed by atoms with van der Waals surface area (Å²) < 4.78 is 29.2. The Morgan fingerprint density at radius 1 is 1.47 bits per heavy atom. The van der Waals surface area contributed by atoms with E-state index < -0.39 is 13.0 Å². The van der Waals surface area contributed by atoms with Crippen LogP contribution in [-0.2, 0) is 4.79 Å². The van der Waals surface area contributed by atoms with E-state index in [2.05, 4.69) is 5.32 Å². The lowest BCUT2D eigenvalue weighted by molar-refractivity contribution is -0.119. The second-order valence-electron chi connectivity index (χ2n) is 4.31. The third-order valence-corrected chi connectivity index (χ3v) is 2.62. The minimum absolute atomic E-state index is 0.217. The molecule has 1 amide bonds. The first-order chi connectivity index (χ1) is 8.93. The first-order valence-corrected chi connectivity index (χ1v) is 5.96. The first-order valence-electron chi connectivity index (χ1n) is 5.96. The molecule has 3 N–H and O–H groups in total. The van der Waals surface area contributed by atoms with Gasteiger partial charge in [-0.15, -0.1) is 0 Å². The van der Waals surface area contributed by atoms with Crippen LogP contribution in [0.1, 0.15) is 12.5 Å². The average Bonchev–Trinajstić information content (AvgIpc) is 2.38. The van der Waals surface area contributed by atoms with Crippen molar-refractivity contribution < 1.29 is 18.3 Å². The highest BCUT2D eigenvalue weighted by Crippen LogP contribution is 2.23. The number of rotatable bonds is 6. The van der Waals surface area contributed by atoms with Crippen molar-refractivity contribution >= 4 is 11.6 Å². The number of hydrogen-bond acceptors (Lipinski definition) is 3. The molecule has 0 heterocycles. The van der Waals surface area contributed by atoms with E-state index in [1.807, 2.05) is 0 Å². The summed E-state index contributed by atoms with van der Waals surface area (Å²) in [5.74, 6) is -0.198. The fourth-order valence-corrected chi connectivity index (χ4v) is 1.36. The van der Waals surface area contributed by atoms with Crippen molar-refractivity contribution in [2.24, 2.45) is 11.7 Å². The Labute approximate surface area is 110 Å². The van der Waals surface area contributed by atoms with Gasteiger partial charge in [0.2, 0.25) is 5.91 Å².